The number of esters is 1. The number of ether oxygens (including phenoxy) is 7. The maximum Gasteiger partial charge on any atom is 0.309 e. The molecule has 0 aliphatic heterocycles. The van der Waals surface area contributed by atoms with Crippen LogP contribution in [0.3, 0.4) is 0 Å². The predicted molar refractivity (Wildman–Crippen MR) is 146 cm³/mol. The third-order valence-electron chi connectivity index (χ3n) is 5.36. The number of likely N-dealkylation sites (N-methyl/N-ethyl adjacent to an activating group) is 1. The van der Waals surface area contributed by atoms with Crippen LogP contribution >= 0.6 is 0 Å². The summed E-state index contributed by atoms with van der Waals surface area (Å²) < 4.78 is 38.6. The minimum atomic E-state index is -0.462. The van der Waals surface area contributed by atoms with Crippen LogP contribution in [0.4, 0.5) is 0 Å². The fourth-order valence-electron chi connectivity index (χ4n) is 3.36. The Morgan fingerprint density at radius 3 is 1.49 bits per heavy atom. The summed E-state index contributed by atoms with van der Waals surface area (Å²) in [6.45, 7) is 15.4. The smallest absolute Gasteiger partial charge is 0.309 e. The topological polar surface area (TPSA) is 93.7 Å². The van der Waals surface area contributed by atoms with E-state index in [0.717, 1.165) is 25.8 Å². The van der Waals surface area contributed by atoms with Gasteiger partial charge in [-0.1, -0.05) is 39.0 Å². The van der Waals surface area contributed by atoms with E-state index >= 15 is 0 Å². The van der Waals surface area contributed by atoms with Gasteiger partial charge in [0.25, 0.3) is 0 Å². The van der Waals surface area contributed by atoms with Gasteiger partial charge in [-0.15, -0.1) is 0 Å². The number of carbonyl (C=O) groups is 1. The molecule has 9 heteroatoms. The van der Waals surface area contributed by atoms with Crippen molar-refractivity contribution in [2.24, 2.45) is 5.92 Å². The van der Waals surface area contributed by atoms with Crippen molar-refractivity contribution >= 4 is 5.97 Å². The van der Waals surface area contributed by atoms with E-state index in [0.29, 0.717) is 85.7 Å². The van der Waals surface area contributed by atoms with Crippen molar-refractivity contribution in [2.45, 2.75) is 78.2 Å². The van der Waals surface area contributed by atoms with E-state index in [9.17, 15) is 4.79 Å². The number of hydrogen-bond donors (Lipinski definition) is 1. The monoisotopic (exact) mass is 535 g/mol. The molecule has 0 fully saturated rings. The van der Waals surface area contributed by atoms with E-state index in [1.807, 2.05) is 27.8 Å². The highest BCUT2D eigenvalue weighted by Crippen LogP contribution is 2.20. The van der Waals surface area contributed by atoms with Crippen LogP contribution in [-0.2, 0) is 38.0 Å². The molecule has 0 amide bonds. The molecule has 1 atom stereocenters. The summed E-state index contributed by atoms with van der Waals surface area (Å²) >= 11 is 0. The van der Waals surface area contributed by atoms with E-state index in [2.05, 4.69) is 12.2 Å². The lowest BCUT2D eigenvalue weighted by Crippen LogP contribution is -2.29. The molecule has 0 heterocycles. The molecule has 222 valence electrons. The number of nitrogens with one attached hydrogen (secondary N) is 1. The van der Waals surface area contributed by atoms with Crippen LogP contribution in [0.15, 0.2) is 0 Å². The van der Waals surface area contributed by atoms with Gasteiger partial charge in [-0.3, -0.25) is 4.79 Å². The zero-order valence-electron chi connectivity index (χ0n) is 24.5. The fourth-order valence-corrected chi connectivity index (χ4v) is 3.36. The van der Waals surface area contributed by atoms with E-state index in [-0.39, 0.29) is 11.9 Å². The van der Waals surface area contributed by atoms with Gasteiger partial charge in [0.05, 0.1) is 78.6 Å². The molecule has 37 heavy (non-hydrogen) atoms. The first-order valence-electron chi connectivity index (χ1n) is 14.2. The second kappa shape index (κ2) is 26.8. The minimum Gasteiger partial charge on any atom is -0.460 e. The SMILES string of the molecule is CCCCCCCC(CCOCCOCCOCCOCCOCCOCCNC)C(=O)OC(C)(C)C. The van der Waals surface area contributed by atoms with E-state index in [4.69, 9.17) is 33.2 Å². The van der Waals surface area contributed by atoms with Crippen LogP contribution in [0.5, 0.6) is 0 Å². The molecule has 9 nitrogen and oxygen atoms in total. The molecule has 0 aromatic heterocycles. The number of carbonyl (C=O) groups excluding carboxylic acids is 1. The lowest BCUT2D eigenvalue weighted by atomic mass is 9.97. The van der Waals surface area contributed by atoms with Crippen molar-refractivity contribution in [2.75, 3.05) is 92.9 Å². The lowest BCUT2D eigenvalue weighted by Gasteiger charge is -2.24. The largest absolute Gasteiger partial charge is 0.460 e. The summed E-state index contributed by atoms with van der Waals surface area (Å²) in [6, 6.07) is 0. The van der Waals surface area contributed by atoms with Crippen LogP contribution in [0.1, 0.15) is 72.6 Å². The molecule has 0 aliphatic rings. The quantitative estimate of drug-likeness (QED) is 0.118. The molecule has 0 aliphatic carbocycles. The Bertz CT molecular complexity index is 487. The lowest BCUT2D eigenvalue weighted by molar-refractivity contribution is -0.161. The summed E-state index contributed by atoms with van der Waals surface area (Å²) in [6.07, 6.45) is 7.46. The van der Waals surface area contributed by atoms with Gasteiger partial charge in [0.15, 0.2) is 0 Å². The average Bonchev–Trinajstić information content (AvgIpc) is 2.85. The van der Waals surface area contributed by atoms with E-state index in [1.165, 1.54) is 19.3 Å². The molecule has 0 rings (SSSR count). The molecule has 0 saturated heterocycles. The van der Waals surface area contributed by atoms with Crippen LogP contribution in [-0.4, -0.2) is 104 Å². The standard InChI is InChI=1S/C28H57NO8/c1-6-7-8-9-10-11-26(27(30)37-28(2,3)4)12-14-31-16-18-33-20-22-35-24-25-36-23-21-34-19-17-32-15-13-29-5/h26,29H,6-25H2,1-5H3. The molecule has 0 spiro atoms. The normalized spacial score (nSPS) is 12.7. The number of rotatable bonds is 28. The summed E-state index contributed by atoms with van der Waals surface area (Å²) in [5, 5.41) is 3.02. The Balaban J connectivity index is 3.60. The zero-order valence-corrected chi connectivity index (χ0v) is 24.5. The van der Waals surface area contributed by atoms with Gasteiger partial charge in [0.2, 0.25) is 0 Å². The minimum absolute atomic E-state index is 0.105. The summed E-state index contributed by atoms with van der Waals surface area (Å²) in [4.78, 5) is 12.6. The second-order valence-electron chi connectivity index (χ2n) is 10.00. The predicted octanol–water partition coefficient (Wildman–Crippen LogP) is 4.01. The summed E-state index contributed by atoms with van der Waals surface area (Å²) in [5.41, 5.74) is -0.462. The Labute approximate surface area is 226 Å². The first kappa shape index (κ1) is 36.2. The molecular weight excluding hydrogens is 478 g/mol. The van der Waals surface area contributed by atoms with Crippen LogP contribution < -0.4 is 5.32 Å². The molecule has 0 aromatic carbocycles. The van der Waals surface area contributed by atoms with Crippen molar-refractivity contribution in [1.29, 1.82) is 0 Å². The molecular formula is C28H57NO8. The highest BCUT2D eigenvalue weighted by atomic mass is 16.6. The second-order valence-corrected chi connectivity index (χ2v) is 10.00. The Kier molecular flexibility index (Phi) is 26.2. The zero-order chi connectivity index (χ0) is 27.5. The molecule has 1 N–H and O–H groups in total. The van der Waals surface area contributed by atoms with Crippen molar-refractivity contribution in [3.05, 3.63) is 0 Å². The maximum absolute atomic E-state index is 12.6. The third kappa shape index (κ3) is 28.0. The van der Waals surface area contributed by atoms with Crippen molar-refractivity contribution in [1.82, 2.24) is 5.32 Å². The van der Waals surface area contributed by atoms with Gasteiger partial charge in [-0.25, -0.2) is 0 Å². The Morgan fingerprint density at radius 1 is 0.622 bits per heavy atom. The van der Waals surface area contributed by atoms with Crippen molar-refractivity contribution in [3.63, 3.8) is 0 Å². The third-order valence-corrected chi connectivity index (χ3v) is 5.36. The Hall–Kier alpha value is -0.810. The number of unbranched alkanes of at least 4 members (excludes halogenated alkanes) is 4. The molecule has 0 aromatic rings. The van der Waals surface area contributed by atoms with Gasteiger partial charge in [-0.05, 0) is 40.7 Å². The number of hydrogen-bond acceptors (Lipinski definition) is 9. The van der Waals surface area contributed by atoms with Gasteiger partial charge in [-0.2, -0.15) is 0 Å². The van der Waals surface area contributed by atoms with Crippen molar-refractivity contribution < 1.29 is 38.0 Å². The first-order valence-corrected chi connectivity index (χ1v) is 14.2. The highest BCUT2D eigenvalue weighted by molar-refractivity contribution is 5.72. The van der Waals surface area contributed by atoms with Gasteiger partial charge in [0, 0.05) is 13.2 Å². The Morgan fingerprint density at radius 2 is 1.05 bits per heavy atom. The average molecular weight is 536 g/mol. The van der Waals surface area contributed by atoms with Crippen LogP contribution in [0, 0.1) is 5.92 Å². The summed E-state index contributed by atoms with van der Waals surface area (Å²) in [7, 11) is 1.90. The van der Waals surface area contributed by atoms with Gasteiger partial charge < -0.3 is 38.5 Å². The molecule has 0 saturated carbocycles. The van der Waals surface area contributed by atoms with E-state index in [1.54, 1.807) is 0 Å². The van der Waals surface area contributed by atoms with Crippen LogP contribution in [0.25, 0.3) is 0 Å². The molecule has 0 bridgehead atoms. The van der Waals surface area contributed by atoms with Crippen molar-refractivity contribution in [3.8, 4) is 0 Å². The maximum atomic E-state index is 12.6. The summed E-state index contributed by atoms with van der Waals surface area (Å²) in [5.74, 6) is -0.215. The molecule has 1 unspecified atom stereocenters. The van der Waals surface area contributed by atoms with Crippen LogP contribution in [0.2, 0.25) is 0 Å². The van der Waals surface area contributed by atoms with Gasteiger partial charge in [0.1, 0.15) is 5.60 Å². The molecule has 0 radical (unpaired) electrons. The van der Waals surface area contributed by atoms with E-state index < -0.39 is 5.60 Å². The first-order chi connectivity index (χ1) is 17.9. The van der Waals surface area contributed by atoms with Gasteiger partial charge >= 0.3 is 5.97 Å². The highest BCUT2D eigenvalue weighted by Gasteiger charge is 2.24. The fraction of sp³-hybridized carbons (Fsp3) is 0.964.